The molecule has 0 radical (unpaired) electrons. The van der Waals surface area contributed by atoms with Crippen LogP contribution in [-0.4, -0.2) is 35.6 Å². The summed E-state index contributed by atoms with van der Waals surface area (Å²) >= 11 is 1.46. The van der Waals surface area contributed by atoms with Gasteiger partial charge in [-0.05, 0) is 56.0 Å². The van der Waals surface area contributed by atoms with Crippen LogP contribution in [0.1, 0.15) is 42.5 Å². The molecule has 8 nitrogen and oxygen atoms in total. The van der Waals surface area contributed by atoms with E-state index in [1.54, 1.807) is 18.3 Å². The minimum absolute atomic E-state index is 0.236. The van der Waals surface area contributed by atoms with Crippen LogP contribution in [0.5, 0.6) is 0 Å². The first-order valence-corrected chi connectivity index (χ1v) is 10.6. The average Bonchev–Trinajstić information content (AvgIpc) is 2.73. The number of rotatable bonds is 4. The van der Waals surface area contributed by atoms with Crippen LogP contribution in [0.3, 0.4) is 0 Å². The molecule has 1 aliphatic carbocycles. The second kappa shape index (κ2) is 8.35. The summed E-state index contributed by atoms with van der Waals surface area (Å²) in [5.41, 5.74) is 13.2. The zero-order valence-corrected chi connectivity index (χ0v) is 17.6. The van der Waals surface area contributed by atoms with Crippen LogP contribution in [0.4, 0.5) is 5.69 Å². The third-order valence-corrected chi connectivity index (χ3v) is 6.23. The van der Waals surface area contributed by atoms with Gasteiger partial charge in [-0.3, -0.25) is 4.90 Å². The van der Waals surface area contributed by atoms with Gasteiger partial charge in [-0.25, -0.2) is 14.8 Å². The van der Waals surface area contributed by atoms with Crippen molar-refractivity contribution in [1.29, 1.82) is 0 Å². The predicted molar refractivity (Wildman–Crippen MR) is 118 cm³/mol. The number of ether oxygens (including phenoxy) is 1. The Morgan fingerprint density at radius 3 is 2.73 bits per heavy atom. The summed E-state index contributed by atoms with van der Waals surface area (Å²) in [6, 6.07) is 11.3. The van der Waals surface area contributed by atoms with Crippen LogP contribution in [0, 0.1) is 0 Å². The van der Waals surface area contributed by atoms with Crippen LogP contribution < -0.4 is 16.4 Å². The Morgan fingerprint density at radius 2 is 1.97 bits per heavy atom. The summed E-state index contributed by atoms with van der Waals surface area (Å²) in [5, 5.41) is 0.699. The van der Waals surface area contributed by atoms with E-state index in [9.17, 15) is 4.79 Å². The molecule has 2 heterocycles. The number of guanidine groups is 2. The Labute approximate surface area is 179 Å². The molecule has 1 aromatic carbocycles. The molecule has 156 valence electrons. The molecule has 2 aromatic rings. The van der Waals surface area contributed by atoms with Gasteiger partial charge in [0.2, 0.25) is 11.9 Å². The van der Waals surface area contributed by atoms with Gasteiger partial charge in [-0.1, -0.05) is 24.2 Å². The Morgan fingerprint density at radius 1 is 1.17 bits per heavy atom. The molecule has 30 heavy (non-hydrogen) atoms. The van der Waals surface area contributed by atoms with Gasteiger partial charge < -0.3 is 16.2 Å². The standard InChI is InChI=1S/C21H24N6O2S/c1-29-18(28)14-8-11-24-17(12-14)30-16-7-5-6-15(13-16)27-20(23)25-19(22)26-21(27)9-3-2-4-10-21/h5-8,11-13H,2-4,9-10H2,1H3,(H4,22,23,25,26). The monoisotopic (exact) mass is 424 g/mol. The number of nitrogens with two attached hydrogens (primary N) is 2. The van der Waals surface area contributed by atoms with E-state index >= 15 is 0 Å². The van der Waals surface area contributed by atoms with Crippen LogP contribution in [0.15, 0.2) is 62.5 Å². The fourth-order valence-electron chi connectivity index (χ4n) is 4.01. The van der Waals surface area contributed by atoms with Crippen molar-refractivity contribution in [3.8, 4) is 0 Å². The number of esters is 1. The summed E-state index contributed by atoms with van der Waals surface area (Å²) in [5.74, 6) is 0.206. The van der Waals surface area contributed by atoms with Gasteiger partial charge in [0.25, 0.3) is 0 Å². The number of benzene rings is 1. The molecule has 1 saturated carbocycles. The van der Waals surface area contributed by atoms with Crippen molar-refractivity contribution in [3.05, 3.63) is 48.2 Å². The molecule has 1 aromatic heterocycles. The van der Waals surface area contributed by atoms with Crippen molar-refractivity contribution >= 4 is 35.3 Å². The highest BCUT2D eigenvalue weighted by molar-refractivity contribution is 7.99. The van der Waals surface area contributed by atoms with Gasteiger partial charge in [0.05, 0.1) is 12.7 Å². The van der Waals surface area contributed by atoms with E-state index in [-0.39, 0.29) is 11.9 Å². The zero-order valence-electron chi connectivity index (χ0n) is 16.7. The molecule has 0 saturated heterocycles. The van der Waals surface area contributed by atoms with Crippen LogP contribution in [-0.2, 0) is 4.74 Å². The van der Waals surface area contributed by atoms with Crippen LogP contribution in [0.25, 0.3) is 0 Å². The molecular weight excluding hydrogens is 400 g/mol. The van der Waals surface area contributed by atoms with E-state index in [0.29, 0.717) is 16.5 Å². The number of pyridine rings is 1. The largest absolute Gasteiger partial charge is 0.465 e. The highest BCUT2D eigenvalue weighted by atomic mass is 32.2. The smallest absolute Gasteiger partial charge is 0.337 e. The lowest BCUT2D eigenvalue weighted by atomic mass is 9.87. The highest BCUT2D eigenvalue weighted by Gasteiger charge is 2.42. The minimum Gasteiger partial charge on any atom is -0.465 e. The van der Waals surface area contributed by atoms with E-state index < -0.39 is 5.66 Å². The summed E-state index contributed by atoms with van der Waals surface area (Å²) < 4.78 is 4.79. The Bertz CT molecular complexity index is 1020. The minimum atomic E-state index is -0.486. The Balaban J connectivity index is 1.64. The SMILES string of the molecule is COC(=O)c1ccnc(Sc2cccc(N3C(N)=NC(N)=NC34CCCCC4)c2)c1. The van der Waals surface area contributed by atoms with Crippen molar-refractivity contribution in [2.45, 2.75) is 47.7 Å². The molecule has 4 rings (SSSR count). The first-order chi connectivity index (χ1) is 14.5. The second-order valence-electron chi connectivity index (χ2n) is 7.29. The van der Waals surface area contributed by atoms with E-state index in [1.807, 2.05) is 29.2 Å². The summed E-state index contributed by atoms with van der Waals surface area (Å²) in [6.07, 6.45) is 6.68. The number of nitrogens with zero attached hydrogens (tertiary/aromatic N) is 4. The Hall–Kier alpha value is -3.07. The fourth-order valence-corrected chi connectivity index (χ4v) is 4.88. The lowest BCUT2D eigenvalue weighted by Gasteiger charge is -2.45. The summed E-state index contributed by atoms with van der Waals surface area (Å²) in [6.45, 7) is 0. The second-order valence-corrected chi connectivity index (χ2v) is 8.39. The predicted octanol–water partition coefficient (Wildman–Crippen LogP) is 3.13. The summed E-state index contributed by atoms with van der Waals surface area (Å²) in [7, 11) is 1.36. The number of carbonyl (C=O) groups is 1. The normalized spacial score (nSPS) is 18.0. The van der Waals surface area contributed by atoms with Crippen molar-refractivity contribution in [3.63, 3.8) is 0 Å². The van der Waals surface area contributed by atoms with Crippen molar-refractivity contribution in [2.75, 3.05) is 12.0 Å². The molecule has 1 spiro atoms. The molecule has 2 aliphatic rings. The maximum Gasteiger partial charge on any atom is 0.337 e. The maximum atomic E-state index is 11.8. The van der Waals surface area contributed by atoms with Gasteiger partial charge in [0, 0.05) is 16.8 Å². The molecule has 9 heteroatoms. The number of carbonyl (C=O) groups excluding carboxylic acids is 1. The van der Waals surface area contributed by atoms with Gasteiger partial charge in [0.15, 0.2) is 0 Å². The fraction of sp³-hybridized carbons (Fsp3) is 0.333. The van der Waals surface area contributed by atoms with E-state index in [0.717, 1.165) is 36.3 Å². The van der Waals surface area contributed by atoms with E-state index in [2.05, 4.69) is 9.98 Å². The first-order valence-electron chi connectivity index (χ1n) is 9.83. The molecular formula is C21H24N6O2S. The zero-order chi connectivity index (χ0) is 21.1. The molecule has 0 bridgehead atoms. The molecule has 4 N–H and O–H groups in total. The number of hydrogen-bond donors (Lipinski definition) is 2. The lowest BCUT2D eigenvalue weighted by Crippen LogP contribution is -2.58. The average molecular weight is 425 g/mol. The van der Waals surface area contributed by atoms with Gasteiger partial charge in [-0.2, -0.15) is 4.99 Å². The third kappa shape index (κ3) is 3.97. The number of anilines is 1. The Kier molecular flexibility index (Phi) is 5.63. The van der Waals surface area contributed by atoms with Crippen LogP contribution in [0.2, 0.25) is 0 Å². The van der Waals surface area contributed by atoms with Crippen molar-refractivity contribution < 1.29 is 9.53 Å². The number of methoxy groups -OCH3 is 1. The molecule has 0 amide bonds. The lowest BCUT2D eigenvalue weighted by molar-refractivity contribution is 0.0600. The van der Waals surface area contributed by atoms with Gasteiger partial charge in [-0.15, -0.1) is 0 Å². The maximum absolute atomic E-state index is 11.8. The quantitative estimate of drug-likeness (QED) is 0.724. The summed E-state index contributed by atoms with van der Waals surface area (Å²) in [4.78, 5) is 28.1. The molecule has 1 aliphatic heterocycles. The number of aliphatic imine (C=N–C) groups is 2. The highest BCUT2D eigenvalue weighted by Crippen LogP contribution is 2.40. The van der Waals surface area contributed by atoms with E-state index in [4.69, 9.17) is 21.2 Å². The van der Waals surface area contributed by atoms with Crippen molar-refractivity contribution in [1.82, 2.24) is 4.98 Å². The van der Waals surface area contributed by atoms with Crippen molar-refractivity contribution in [2.24, 2.45) is 21.5 Å². The topological polar surface area (TPSA) is 119 Å². The number of hydrogen-bond acceptors (Lipinski definition) is 9. The first kappa shape index (κ1) is 20.2. The van der Waals surface area contributed by atoms with E-state index in [1.165, 1.54) is 25.3 Å². The van der Waals surface area contributed by atoms with Crippen LogP contribution >= 0.6 is 11.8 Å². The molecule has 0 atom stereocenters. The third-order valence-electron chi connectivity index (χ3n) is 5.31. The molecule has 0 unspecified atom stereocenters. The number of aromatic nitrogens is 1. The van der Waals surface area contributed by atoms with Gasteiger partial charge in [0.1, 0.15) is 10.7 Å². The molecule has 1 fully saturated rings. The van der Waals surface area contributed by atoms with Gasteiger partial charge >= 0.3 is 5.97 Å².